The Morgan fingerprint density at radius 1 is 1.42 bits per heavy atom. The molecular formula is C15H16FNOS. The van der Waals surface area contributed by atoms with E-state index in [-0.39, 0.29) is 18.5 Å². The van der Waals surface area contributed by atoms with E-state index < -0.39 is 0 Å². The Kier molecular flexibility index (Phi) is 3.29. The second kappa shape index (κ2) is 4.94. The smallest absolute Gasteiger partial charge is 0.130 e. The summed E-state index contributed by atoms with van der Waals surface area (Å²) < 4.78 is 13.8. The largest absolute Gasteiger partial charge is 0.391 e. The molecule has 2 nitrogen and oxygen atoms in total. The Labute approximate surface area is 116 Å². The molecule has 1 aliphatic heterocycles. The highest BCUT2D eigenvalue weighted by Crippen LogP contribution is 2.37. The molecule has 0 saturated carbocycles. The van der Waals surface area contributed by atoms with Crippen molar-refractivity contribution < 1.29 is 9.50 Å². The van der Waals surface area contributed by atoms with Crippen LogP contribution in [0.2, 0.25) is 0 Å². The molecule has 0 bridgehead atoms. The number of rotatable bonds is 2. The van der Waals surface area contributed by atoms with E-state index in [0.717, 1.165) is 18.7 Å². The van der Waals surface area contributed by atoms with Crippen molar-refractivity contribution >= 4 is 17.0 Å². The molecule has 1 atom stereocenters. The molecule has 100 valence electrons. The fraction of sp³-hybridized carbons (Fsp3) is 0.333. The Morgan fingerprint density at radius 3 is 3.05 bits per heavy atom. The molecule has 2 aromatic rings. The third kappa shape index (κ3) is 2.05. The van der Waals surface area contributed by atoms with Gasteiger partial charge in [-0.25, -0.2) is 4.39 Å². The molecule has 0 amide bonds. The predicted molar refractivity (Wildman–Crippen MR) is 76.1 cm³/mol. The summed E-state index contributed by atoms with van der Waals surface area (Å²) in [4.78, 5) is 3.61. The van der Waals surface area contributed by atoms with Crippen molar-refractivity contribution in [1.82, 2.24) is 0 Å². The number of aliphatic hydroxyl groups excluding tert-OH is 1. The van der Waals surface area contributed by atoms with Crippen molar-refractivity contribution in [2.24, 2.45) is 0 Å². The van der Waals surface area contributed by atoms with Crippen LogP contribution in [0.3, 0.4) is 0 Å². The summed E-state index contributed by atoms with van der Waals surface area (Å²) in [6.07, 6.45) is 0.985. The van der Waals surface area contributed by atoms with E-state index in [1.807, 2.05) is 6.07 Å². The molecule has 0 fully saturated rings. The molecule has 0 spiro atoms. The van der Waals surface area contributed by atoms with Gasteiger partial charge in [0, 0.05) is 22.7 Å². The number of benzene rings is 1. The fourth-order valence-corrected chi connectivity index (χ4v) is 3.77. The highest BCUT2D eigenvalue weighted by atomic mass is 32.1. The summed E-state index contributed by atoms with van der Waals surface area (Å²) in [5.74, 6) is -0.330. The van der Waals surface area contributed by atoms with E-state index in [4.69, 9.17) is 0 Å². The van der Waals surface area contributed by atoms with Crippen LogP contribution in [0.25, 0.3) is 0 Å². The molecule has 1 aromatic heterocycles. The molecule has 0 radical (unpaired) electrons. The lowest BCUT2D eigenvalue weighted by molar-refractivity contribution is 0.275. The van der Waals surface area contributed by atoms with E-state index in [0.29, 0.717) is 5.56 Å². The van der Waals surface area contributed by atoms with Gasteiger partial charge in [0.05, 0.1) is 12.6 Å². The van der Waals surface area contributed by atoms with Crippen molar-refractivity contribution in [3.05, 3.63) is 51.5 Å². The van der Waals surface area contributed by atoms with E-state index in [1.54, 1.807) is 17.4 Å². The van der Waals surface area contributed by atoms with Gasteiger partial charge in [-0.2, -0.15) is 0 Å². The van der Waals surface area contributed by atoms with Crippen LogP contribution in [0.1, 0.15) is 29.0 Å². The van der Waals surface area contributed by atoms with Crippen LogP contribution in [0.5, 0.6) is 0 Å². The van der Waals surface area contributed by atoms with Crippen LogP contribution in [0, 0.1) is 5.82 Å². The van der Waals surface area contributed by atoms with Crippen molar-refractivity contribution in [2.75, 3.05) is 11.4 Å². The van der Waals surface area contributed by atoms with Crippen molar-refractivity contribution in [2.45, 2.75) is 26.0 Å². The summed E-state index contributed by atoms with van der Waals surface area (Å²) in [5.41, 5.74) is 2.53. The minimum atomic E-state index is -0.330. The highest BCUT2D eigenvalue weighted by molar-refractivity contribution is 7.10. The first-order valence-electron chi connectivity index (χ1n) is 6.43. The molecule has 1 aromatic carbocycles. The molecule has 0 aliphatic carbocycles. The number of thiophene rings is 1. The van der Waals surface area contributed by atoms with Crippen molar-refractivity contribution in [3.8, 4) is 0 Å². The standard InChI is InChI=1S/C15H16FNOS/c1-10-11-6-8-19-15(11)5-7-17(10)14-4-2-3-13(16)12(14)9-18/h2-4,6,8,10,18H,5,7,9H2,1H3. The zero-order chi connectivity index (χ0) is 13.4. The predicted octanol–water partition coefficient (Wildman–Crippen LogP) is 3.50. The number of anilines is 1. The number of fused-ring (bicyclic) bond motifs is 1. The zero-order valence-electron chi connectivity index (χ0n) is 10.8. The van der Waals surface area contributed by atoms with Gasteiger partial charge in [-0.1, -0.05) is 6.07 Å². The van der Waals surface area contributed by atoms with Gasteiger partial charge in [0.25, 0.3) is 0 Å². The van der Waals surface area contributed by atoms with Gasteiger partial charge in [-0.3, -0.25) is 0 Å². The van der Waals surface area contributed by atoms with Gasteiger partial charge in [0.15, 0.2) is 0 Å². The minimum absolute atomic E-state index is 0.224. The van der Waals surface area contributed by atoms with Gasteiger partial charge >= 0.3 is 0 Å². The Balaban J connectivity index is 2.02. The maximum Gasteiger partial charge on any atom is 0.130 e. The van der Waals surface area contributed by atoms with Crippen LogP contribution in [-0.4, -0.2) is 11.7 Å². The first-order valence-corrected chi connectivity index (χ1v) is 7.31. The molecule has 1 unspecified atom stereocenters. The van der Waals surface area contributed by atoms with Crippen LogP contribution in [0.4, 0.5) is 10.1 Å². The second-order valence-electron chi connectivity index (χ2n) is 4.81. The zero-order valence-corrected chi connectivity index (χ0v) is 11.6. The summed E-state index contributed by atoms with van der Waals surface area (Å²) in [5, 5.41) is 11.5. The quantitative estimate of drug-likeness (QED) is 0.908. The Hall–Kier alpha value is -1.39. The Morgan fingerprint density at radius 2 is 2.26 bits per heavy atom. The highest BCUT2D eigenvalue weighted by Gasteiger charge is 2.26. The van der Waals surface area contributed by atoms with E-state index >= 15 is 0 Å². The van der Waals surface area contributed by atoms with Crippen LogP contribution < -0.4 is 4.90 Å². The number of halogens is 1. The van der Waals surface area contributed by atoms with E-state index in [2.05, 4.69) is 23.3 Å². The molecule has 3 rings (SSSR count). The first kappa shape index (κ1) is 12.6. The number of hydrogen-bond acceptors (Lipinski definition) is 3. The van der Waals surface area contributed by atoms with Crippen molar-refractivity contribution in [1.29, 1.82) is 0 Å². The summed E-state index contributed by atoms with van der Waals surface area (Å²) in [7, 11) is 0. The van der Waals surface area contributed by atoms with Gasteiger partial charge in [-0.05, 0) is 42.5 Å². The molecule has 0 saturated heterocycles. The van der Waals surface area contributed by atoms with E-state index in [1.165, 1.54) is 16.5 Å². The molecule has 4 heteroatoms. The molecule has 1 aliphatic rings. The summed E-state index contributed by atoms with van der Waals surface area (Å²) in [6, 6.07) is 7.37. The third-order valence-electron chi connectivity index (χ3n) is 3.84. The normalized spacial score (nSPS) is 18.5. The van der Waals surface area contributed by atoms with Gasteiger partial charge < -0.3 is 10.0 Å². The molecule has 2 heterocycles. The van der Waals surface area contributed by atoms with Gasteiger partial charge in [0.2, 0.25) is 0 Å². The SMILES string of the molecule is CC1c2ccsc2CCN1c1cccc(F)c1CO. The lowest BCUT2D eigenvalue weighted by Gasteiger charge is -2.36. The topological polar surface area (TPSA) is 23.5 Å². The van der Waals surface area contributed by atoms with Gasteiger partial charge in [0.1, 0.15) is 5.82 Å². The summed E-state index contributed by atoms with van der Waals surface area (Å²) in [6.45, 7) is 2.74. The van der Waals surface area contributed by atoms with Crippen LogP contribution in [0.15, 0.2) is 29.6 Å². The number of nitrogens with zero attached hydrogens (tertiary/aromatic N) is 1. The van der Waals surface area contributed by atoms with Crippen LogP contribution >= 0.6 is 11.3 Å². The average Bonchev–Trinajstić information content (AvgIpc) is 2.88. The maximum absolute atomic E-state index is 13.8. The molecular weight excluding hydrogens is 261 g/mol. The maximum atomic E-state index is 13.8. The molecule has 1 N–H and O–H groups in total. The first-order chi connectivity index (χ1) is 9.22. The average molecular weight is 277 g/mol. The molecule has 19 heavy (non-hydrogen) atoms. The lowest BCUT2D eigenvalue weighted by Crippen LogP contribution is -2.34. The second-order valence-corrected chi connectivity index (χ2v) is 5.81. The van der Waals surface area contributed by atoms with Crippen LogP contribution in [-0.2, 0) is 13.0 Å². The van der Waals surface area contributed by atoms with E-state index in [9.17, 15) is 9.50 Å². The van der Waals surface area contributed by atoms with Crippen molar-refractivity contribution in [3.63, 3.8) is 0 Å². The van der Waals surface area contributed by atoms with Gasteiger partial charge in [-0.15, -0.1) is 11.3 Å². The number of hydrogen-bond donors (Lipinski definition) is 1. The monoisotopic (exact) mass is 277 g/mol. The minimum Gasteiger partial charge on any atom is -0.391 e. The fourth-order valence-electron chi connectivity index (χ4n) is 2.81. The summed E-state index contributed by atoms with van der Waals surface area (Å²) >= 11 is 1.79. The Bertz CT molecular complexity index is 596. The number of aliphatic hydroxyl groups is 1. The lowest BCUT2D eigenvalue weighted by atomic mass is 9.99. The third-order valence-corrected chi connectivity index (χ3v) is 4.84.